The highest BCUT2D eigenvalue weighted by molar-refractivity contribution is 5.90. The molecule has 0 bridgehead atoms. The van der Waals surface area contributed by atoms with Crippen LogP contribution < -0.4 is 0 Å². The van der Waals surface area contributed by atoms with Crippen molar-refractivity contribution >= 4 is 11.6 Å². The Kier molecular flexibility index (Phi) is 7.44. The molecule has 0 spiro atoms. The van der Waals surface area contributed by atoms with Gasteiger partial charge in [0, 0.05) is 18.5 Å². The van der Waals surface area contributed by atoms with Crippen LogP contribution in [0.15, 0.2) is 16.8 Å². The van der Waals surface area contributed by atoms with Gasteiger partial charge in [-0.2, -0.15) is 0 Å². The van der Waals surface area contributed by atoms with Crippen LogP contribution in [0.4, 0.5) is 0 Å². The number of nitrogens with zero attached hydrogens (tertiary/aromatic N) is 2. The zero-order chi connectivity index (χ0) is 29.4. The molecule has 0 heterocycles. The van der Waals surface area contributed by atoms with Crippen LogP contribution in [0.2, 0.25) is 0 Å². The van der Waals surface area contributed by atoms with Crippen molar-refractivity contribution in [1.82, 2.24) is 4.90 Å². The summed E-state index contributed by atoms with van der Waals surface area (Å²) in [5.74, 6) is 2.03. The number of hydrogen-bond acceptors (Lipinski definition) is 3. The molecule has 0 saturated heterocycles. The Morgan fingerprint density at radius 1 is 0.925 bits per heavy atom. The van der Waals surface area contributed by atoms with Gasteiger partial charge in [-0.15, -0.1) is 0 Å². The van der Waals surface area contributed by atoms with Gasteiger partial charge in [-0.1, -0.05) is 79.1 Å². The van der Waals surface area contributed by atoms with Crippen molar-refractivity contribution in [3.8, 4) is 0 Å². The molecule has 5 aliphatic rings. The molecule has 4 saturated carbocycles. The Balaban J connectivity index is 1.58. The van der Waals surface area contributed by atoms with Crippen molar-refractivity contribution in [3.05, 3.63) is 11.6 Å². The Bertz CT molecular complexity index is 1070. The zero-order valence-corrected chi connectivity index (χ0v) is 27.5. The number of carbonyl (C=O) groups excluding carboxylic acids is 1. The van der Waals surface area contributed by atoms with E-state index in [1.165, 1.54) is 12.8 Å². The molecule has 5 rings (SSSR count). The average molecular weight is 553 g/mol. The van der Waals surface area contributed by atoms with Crippen molar-refractivity contribution < 1.29 is 10.0 Å². The predicted molar refractivity (Wildman–Crippen MR) is 165 cm³/mol. The average Bonchev–Trinajstić information content (AvgIpc) is 2.88. The van der Waals surface area contributed by atoms with Crippen LogP contribution in [0.3, 0.4) is 0 Å². The van der Waals surface area contributed by atoms with Gasteiger partial charge in [-0.3, -0.25) is 4.79 Å². The van der Waals surface area contributed by atoms with Crippen LogP contribution in [0.1, 0.15) is 139 Å². The van der Waals surface area contributed by atoms with E-state index >= 15 is 0 Å². The Labute approximate surface area is 245 Å². The van der Waals surface area contributed by atoms with Gasteiger partial charge >= 0.3 is 0 Å². The number of allylic oxidation sites excluding steroid dienone is 2. The van der Waals surface area contributed by atoms with Crippen LogP contribution >= 0.6 is 0 Å². The van der Waals surface area contributed by atoms with Crippen LogP contribution in [-0.2, 0) is 4.79 Å². The minimum atomic E-state index is -0.213. The Morgan fingerprint density at radius 3 is 2.20 bits per heavy atom. The van der Waals surface area contributed by atoms with Gasteiger partial charge in [0.15, 0.2) is 0 Å². The molecule has 0 radical (unpaired) electrons. The van der Waals surface area contributed by atoms with Crippen LogP contribution in [0.5, 0.6) is 0 Å². The second kappa shape index (κ2) is 9.87. The van der Waals surface area contributed by atoms with Gasteiger partial charge in [-0.25, -0.2) is 0 Å². The lowest BCUT2D eigenvalue weighted by Gasteiger charge is -2.71. The van der Waals surface area contributed by atoms with Gasteiger partial charge in [-0.05, 0) is 116 Å². The summed E-state index contributed by atoms with van der Waals surface area (Å²) in [6.07, 6.45) is 16.0. The number of rotatable bonds is 5. The van der Waals surface area contributed by atoms with Gasteiger partial charge in [0.1, 0.15) is 0 Å². The minimum absolute atomic E-state index is 0.0580. The normalized spacial score (nSPS) is 44.5. The van der Waals surface area contributed by atoms with Crippen molar-refractivity contribution in [1.29, 1.82) is 0 Å². The summed E-state index contributed by atoms with van der Waals surface area (Å²) < 4.78 is 0. The molecule has 0 aromatic heterocycles. The van der Waals surface area contributed by atoms with E-state index in [1.807, 2.05) is 0 Å². The van der Waals surface area contributed by atoms with Gasteiger partial charge < -0.3 is 10.1 Å². The summed E-state index contributed by atoms with van der Waals surface area (Å²) in [6, 6.07) is 0. The lowest BCUT2D eigenvalue weighted by Crippen LogP contribution is -2.65. The lowest BCUT2D eigenvalue weighted by atomic mass is 9.33. The van der Waals surface area contributed by atoms with Gasteiger partial charge in [0.2, 0.25) is 5.91 Å². The van der Waals surface area contributed by atoms with E-state index in [-0.39, 0.29) is 32.5 Å². The van der Waals surface area contributed by atoms with Crippen LogP contribution in [0, 0.1) is 50.2 Å². The smallest absolute Gasteiger partial charge is 0.229 e. The summed E-state index contributed by atoms with van der Waals surface area (Å²) >= 11 is 0. The third kappa shape index (κ3) is 4.03. The fourth-order valence-corrected chi connectivity index (χ4v) is 11.8. The van der Waals surface area contributed by atoms with Crippen molar-refractivity contribution in [3.63, 3.8) is 0 Å². The van der Waals surface area contributed by atoms with Crippen LogP contribution in [0.25, 0.3) is 0 Å². The molecule has 0 aromatic carbocycles. The van der Waals surface area contributed by atoms with E-state index in [9.17, 15) is 10.0 Å². The highest BCUT2D eigenvalue weighted by Gasteiger charge is 2.69. The second-order valence-corrected chi connectivity index (χ2v) is 16.9. The first-order chi connectivity index (χ1) is 18.7. The first-order valence-corrected chi connectivity index (χ1v) is 16.9. The number of hydrogen-bond donors (Lipinski definition) is 1. The van der Waals surface area contributed by atoms with Crippen molar-refractivity contribution in [2.75, 3.05) is 13.1 Å². The Morgan fingerprint density at radius 2 is 1.57 bits per heavy atom. The molecule has 7 atom stereocenters. The van der Waals surface area contributed by atoms with Crippen molar-refractivity contribution in [2.24, 2.45) is 55.4 Å². The summed E-state index contributed by atoms with van der Waals surface area (Å²) in [5, 5.41) is 13.7. The summed E-state index contributed by atoms with van der Waals surface area (Å²) in [5.41, 5.74) is 3.30. The van der Waals surface area contributed by atoms with Crippen molar-refractivity contribution in [2.45, 2.75) is 139 Å². The molecule has 4 nitrogen and oxygen atoms in total. The lowest BCUT2D eigenvalue weighted by molar-refractivity contribution is -0.175. The molecule has 1 N–H and O–H groups in total. The monoisotopic (exact) mass is 552 g/mol. The number of carbonyl (C=O) groups is 1. The number of amides is 1. The maximum atomic E-state index is 14.6. The zero-order valence-electron chi connectivity index (χ0n) is 27.5. The maximum Gasteiger partial charge on any atom is 0.229 e. The molecule has 0 aromatic rings. The third-order valence-corrected chi connectivity index (χ3v) is 14.2. The number of oxime groups is 1. The van der Waals surface area contributed by atoms with E-state index in [2.05, 4.69) is 78.4 Å². The van der Waals surface area contributed by atoms with E-state index in [4.69, 9.17) is 0 Å². The van der Waals surface area contributed by atoms with Crippen LogP contribution in [-0.4, -0.2) is 34.8 Å². The van der Waals surface area contributed by atoms with E-state index in [0.717, 1.165) is 83.0 Å². The topological polar surface area (TPSA) is 52.9 Å². The molecule has 40 heavy (non-hydrogen) atoms. The summed E-state index contributed by atoms with van der Waals surface area (Å²) in [6.45, 7) is 23.7. The minimum Gasteiger partial charge on any atom is -0.411 e. The fraction of sp³-hybridized carbons (Fsp3) is 0.889. The molecule has 1 amide bonds. The van der Waals surface area contributed by atoms with E-state index in [1.54, 1.807) is 5.57 Å². The molecular weight excluding hydrogens is 492 g/mol. The number of fused-ring (bicyclic) bond motifs is 7. The third-order valence-electron chi connectivity index (χ3n) is 14.2. The standard InChI is InChI=1S/C36H60N2O2/c1-10-22-38(23-11-2)30(39)36-20-18-31(3,4)24-26(36)25-12-13-28-33(7)16-15-29(37-40)32(5,6)27(33)14-17-35(28,9)34(25,8)19-21-36/h12,26-28,40H,10-11,13-24H2,1-9H3/b37-29+/t26?,27?,28?,33-,34+,35+,36-/m0/s1. The first kappa shape index (κ1) is 30.1. The maximum absolute atomic E-state index is 14.6. The first-order valence-electron chi connectivity index (χ1n) is 16.9. The Hall–Kier alpha value is -1.32. The summed E-state index contributed by atoms with van der Waals surface area (Å²) in [4.78, 5) is 16.9. The fourth-order valence-electron chi connectivity index (χ4n) is 11.8. The van der Waals surface area contributed by atoms with Gasteiger partial charge in [0.25, 0.3) is 0 Å². The largest absolute Gasteiger partial charge is 0.411 e. The highest BCUT2D eigenvalue weighted by atomic mass is 16.4. The van der Waals surface area contributed by atoms with Gasteiger partial charge in [0.05, 0.1) is 11.1 Å². The SMILES string of the molecule is CCCN(CCC)C(=O)[C@]12CCC(C)(C)CC1C1=CCC3[C@@]4(C)CC/C(=N\O)C(C)(C)C4CC[C@@]3(C)[C@]1(C)CC2. The molecule has 0 aliphatic heterocycles. The molecule has 5 aliphatic carbocycles. The summed E-state index contributed by atoms with van der Waals surface area (Å²) in [7, 11) is 0. The molecule has 4 heteroatoms. The quantitative estimate of drug-likeness (QED) is 0.210. The predicted octanol–water partition coefficient (Wildman–Crippen LogP) is 9.27. The van der Waals surface area contributed by atoms with E-state index < -0.39 is 0 Å². The molecule has 226 valence electrons. The molecule has 4 fully saturated rings. The molecular formula is C36H60N2O2. The highest BCUT2D eigenvalue weighted by Crippen LogP contribution is 2.75. The second-order valence-electron chi connectivity index (χ2n) is 16.9. The van der Waals surface area contributed by atoms with E-state index in [0.29, 0.717) is 23.7 Å². The molecule has 3 unspecified atom stereocenters.